The van der Waals surface area contributed by atoms with Gasteiger partial charge in [0.05, 0.1) is 81.3 Å². The highest BCUT2D eigenvalue weighted by Gasteiger charge is 2.33. The maximum Gasteiger partial charge on any atom is 0.369 e. The first-order chi connectivity index (χ1) is 56.9. The van der Waals surface area contributed by atoms with Crippen LogP contribution in [0.25, 0.3) is 118 Å². The zero-order chi connectivity index (χ0) is 86.8. The second-order valence-electron chi connectivity index (χ2n) is 31.6. The molecule has 0 unspecified atom stereocenters. The Balaban J connectivity index is 0.000000164. The summed E-state index contributed by atoms with van der Waals surface area (Å²) in [6.45, 7) is 30.9. The van der Waals surface area contributed by atoms with Gasteiger partial charge in [0.2, 0.25) is 17.8 Å². The number of ether oxygens (including phenoxy) is 4. The van der Waals surface area contributed by atoms with Gasteiger partial charge in [-0.25, -0.2) is 73.9 Å². The molecular formula is C84H93BBr3ClN24O7. The molecule has 0 atom stereocenters. The highest BCUT2D eigenvalue weighted by Crippen LogP contribution is 2.42. The number of nitrogens with zero attached hydrogens (tertiary/aromatic N) is 21. The van der Waals surface area contributed by atoms with Gasteiger partial charge in [-0.15, -0.1) is 58.9 Å². The lowest BCUT2D eigenvalue weighted by molar-refractivity contribution is -0.155. The van der Waals surface area contributed by atoms with E-state index in [-0.39, 0.29) is 61.9 Å². The van der Waals surface area contributed by atoms with Crippen LogP contribution in [0.3, 0.4) is 0 Å². The Morgan fingerprint density at radius 2 is 0.758 bits per heavy atom. The largest absolute Gasteiger partial charge is 0.508 e. The van der Waals surface area contributed by atoms with Crippen molar-refractivity contribution in [1.29, 1.82) is 0 Å². The molecule has 0 aliphatic rings. The van der Waals surface area contributed by atoms with E-state index in [0.717, 1.165) is 118 Å². The molecule has 0 fully saturated rings. The minimum Gasteiger partial charge on any atom is -0.508 e. The van der Waals surface area contributed by atoms with E-state index in [2.05, 4.69) is 214 Å². The van der Waals surface area contributed by atoms with Crippen molar-refractivity contribution in [3.05, 3.63) is 184 Å². The van der Waals surface area contributed by atoms with Crippen molar-refractivity contribution >= 4 is 125 Å². The number of rotatable bonds is 18. The van der Waals surface area contributed by atoms with Crippen molar-refractivity contribution < 1.29 is 33.6 Å². The normalized spacial score (nSPS) is 11.7. The SMILES string of the molecule is BrB(Br)Br.CC(C)(C)n1c(-c2ccc(O)cc2-n2cncn2)nc2cc(-c3cnc(N)nc3)ccc21.CCOC(=O)C(C)(C)CCl.CCOC(=O)C(C)(C)COc1ccc(-c2nc3cc(-c4cnc(N)nc4)ccc3n2C(C)(C)C)c(-n2cncn2)c1.COc1ccc(-c2nc3cc(-c4cnc(N)nc4)ccc3n2C(C)(C)C)c(-n2cncn2)c1. The third-order valence-corrected chi connectivity index (χ3v) is 19.1. The van der Waals surface area contributed by atoms with Crippen molar-refractivity contribution in [2.45, 2.75) is 120 Å². The summed E-state index contributed by atoms with van der Waals surface area (Å²) in [7, 11) is 1.65. The maximum absolute atomic E-state index is 12.4. The first-order valence-electron chi connectivity index (χ1n) is 37.9. The summed E-state index contributed by atoms with van der Waals surface area (Å²) < 4.78 is 33.5. The van der Waals surface area contributed by atoms with E-state index >= 15 is 0 Å². The molecule has 9 aromatic heterocycles. The number of halogens is 4. The van der Waals surface area contributed by atoms with Crippen LogP contribution in [-0.4, -0.2) is 156 Å². The molecule has 36 heteroatoms. The summed E-state index contributed by atoms with van der Waals surface area (Å²) in [6.07, 6.45) is 19.6. The Bertz CT molecular complexity index is 6030. The van der Waals surface area contributed by atoms with Crippen LogP contribution in [0.15, 0.2) is 184 Å². The number of fused-ring (bicyclic) bond motifs is 3. The van der Waals surface area contributed by atoms with Gasteiger partial charge in [0.15, 0.2) is 0 Å². The minimum atomic E-state index is -0.810. The van der Waals surface area contributed by atoms with E-state index < -0.39 is 10.8 Å². The standard InChI is InChI=1S/C30H34N8O3.C24H24N8O.C23H22N8O.C7H13ClO2.BBr3/c1-7-40-27(39)30(5,6)16-41-21-9-10-22(25(13-21)37-18-32-17-35-37)26-36-23-12-19(20-14-33-28(31)34-15-20)8-11-24(23)38(26)29(2,3)4;1-24(2,3)32-20-8-5-15(16-11-27-23(25)28-12-16)9-19(20)30-22(32)18-7-6-17(33-4)10-21(18)31-14-26-13-29-31;1-23(2,3)31-19-7-4-14(15-10-26-22(24)27-11-15)8-18(19)29-21(31)17-6-5-16(32)9-20(17)30-13-25-12-28-30;1-4-10-6(9)7(2,3)5-8;2-1(3)4/h8-15,17-18H,7,16H2,1-6H3,(H2,31,33,34);5-14H,1-4H3,(H2,25,27,28);4-13,32H,1-3H3,(H2,24,26,27);4-5H2,1-3H3;. The lowest BCUT2D eigenvalue weighted by Crippen LogP contribution is -2.32. The first-order valence-corrected chi connectivity index (χ1v) is 41.2. The number of phenols is 1. The zero-order valence-electron chi connectivity index (χ0n) is 69.3. The molecule has 31 nitrogen and oxygen atoms in total. The molecular weight excluding hydrogens is 1740 g/mol. The van der Waals surface area contributed by atoms with Crippen LogP contribution >= 0.6 is 58.9 Å². The van der Waals surface area contributed by atoms with E-state index in [1.54, 1.807) is 131 Å². The Morgan fingerprint density at radius 3 is 1.07 bits per heavy atom. The van der Waals surface area contributed by atoms with Crippen molar-refractivity contribution in [2.75, 3.05) is 50.0 Å². The number of carbonyl (C=O) groups is 2. The lowest BCUT2D eigenvalue weighted by atomic mass is 9.95. The van der Waals surface area contributed by atoms with Crippen molar-refractivity contribution in [2.24, 2.45) is 10.8 Å². The lowest BCUT2D eigenvalue weighted by Gasteiger charge is -2.26. The number of aromatic hydroxyl groups is 1. The number of benzene rings is 6. The second kappa shape index (κ2) is 37.5. The third kappa shape index (κ3) is 21.0. The fraction of sp³-hybridized carbons (Fsp3) is 0.298. The molecule has 0 saturated heterocycles. The first kappa shape index (κ1) is 88.7. The molecule has 6 aromatic carbocycles. The predicted molar refractivity (Wildman–Crippen MR) is 479 cm³/mol. The highest BCUT2D eigenvalue weighted by atomic mass is 79.9. The van der Waals surface area contributed by atoms with Crippen LogP contribution in [-0.2, 0) is 35.7 Å². The molecule has 0 amide bonds. The molecule has 7 N–H and O–H groups in total. The Morgan fingerprint density at radius 1 is 0.442 bits per heavy atom. The number of nitrogens with two attached hydrogens (primary N) is 3. The number of hydrogen-bond donors (Lipinski definition) is 4. The quantitative estimate of drug-likeness (QED) is 0.0352. The van der Waals surface area contributed by atoms with Gasteiger partial charge in [0, 0.05) is 111 Å². The number of esters is 2. The molecule has 15 rings (SSSR count). The molecule has 0 saturated carbocycles. The number of imidazole rings is 3. The fourth-order valence-corrected chi connectivity index (χ4v) is 12.9. The number of hydrogen-bond acceptors (Lipinski definition) is 25. The number of anilines is 3. The van der Waals surface area contributed by atoms with E-state index in [9.17, 15) is 14.7 Å². The zero-order valence-corrected chi connectivity index (χ0v) is 74.8. The summed E-state index contributed by atoms with van der Waals surface area (Å²) in [5.41, 5.74) is 30.7. The summed E-state index contributed by atoms with van der Waals surface area (Å²) in [5.74, 6) is 4.29. The molecule has 0 bridgehead atoms. The molecule has 9 heterocycles. The molecule has 0 aliphatic carbocycles. The number of alkyl halides is 1. The van der Waals surface area contributed by atoms with Gasteiger partial charge >= 0.3 is 15.1 Å². The van der Waals surface area contributed by atoms with Gasteiger partial charge in [0.25, 0.3) is 0 Å². The van der Waals surface area contributed by atoms with Gasteiger partial charge < -0.3 is 55.0 Å². The molecule has 15 aromatic rings. The van der Waals surface area contributed by atoms with Gasteiger partial charge in [-0.1, -0.05) is 18.2 Å². The summed E-state index contributed by atoms with van der Waals surface area (Å²) in [6, 6.07) is 35.2. The van der Waals surface area contributed by atoms with E-state index in [1.165, 1.54) is 19.0 Å². The van der Waals surface area contributed by atoms with E-state index in [1.807, 2.05) is 66.7 Å². The number of phenolic OH excluding ortho intramolecular Hbond substituents is 1. The third-order valence-electron chi connectivity index (χ3n) is 18.5. The minimum absolute atomic E-state index is 0.142. The van der Waals surface area contributed by atoms with Crippen LogP contribution in [0.2, 0.25) is 0 Å². The second-order valence-corrected chi connectivity index (χ2v) is 38.3. The molecule has 622 valence electrons. The smallest absolute Gasteiger partial charge is 0.369 e. The Labute approximate surface area is 724 Å². The molecule has 0 spiro atoms. The van der Waals surface area contributed by atoms with E-state index in [0.29, 0.717) is 30.5 Å². The maximum atomic E-state index is 12.4. The molecule has 0 aliphatic heterocycles. The van der Waals surface area contributed by atoms with Crippen LogP contribution in [0.4, 0.5) is 17.8 Å². The number of carbonyl (C=O) groups excluding carboxylic acids is 2. The van der Waals surface area contributed by atoms with Crippen LogP contribution in [0.5, 0.6) is 17.2 Å². The molecule has 0 radical (unpaired) electrons. The van der Waals surface area contributed by atoms with Crippen LogP contribution in [0.1, 0.15) is 104 Å². The molecule has 120 heavy (non-hydrogen) atoms. The fourth-order valence-electron chi connectivity index (χ4n) is 12.7. The summed E-state index contributed by atoms with van der Waals surface area (Å²) >= 11 is 14.8. The topological polar surface area (TPSA) is 392 Å². The monoisotopic (exact) mass is 1830 g/mol. The van der Waals surface area contributed by atoms with Crippen LogP contribution < -0.4 is 26.7 Å². The summed E-state index contributed by atoms with van der Waals surface area (Å²) in [5, 5.41) is 23.1. The van der Waals surface area contributed by atoms with Crippen molar-refractivity contribution in [3.63, 3.8) is 0 Å². The van der Waals surface area contributed by atoms with E-state index in [4.69, 9.17) is 62.7 Å². The number of aromatic nitrogens is 21. The average molecular weight is 1840 g/mol. The average Bonchev–Trinajstić information content (AvgIpc) is 1.60. The van der Waals surface area contributed by atoms with Crippen molar-refractivity contribution in [1.82, 2.24) is 103 Å². The van der Waals surface area contributed by atoms with Gasteiger partial charge in [-0.3, -0.25) is 9.59 Å². The number of methoxy groups -OCH3 is 1. The number of nitrogen functional groups attached to an aromatic ring is 3. The Hall–Kier alpha value is -12.1. The van der Waals surface area contributed by atoms with Gasteiger partial charge in [0.1, 0.15) is 79.3 Å². The van der Waals surface area contributed by atoms with Crippen LogP contribution in [0, 0.1) is 10.8 Å². The van der Waals surface area contributed by atoms with Gasteiger partial charge in [-0.05, 0) is 193 Å². The predicted octanol–water partition coefficient (Wildman–Crippen LogP) is 16.9. The van der Waals surface area contributed by atoms with Crippen molar-refractivity contribution in [3.8, 4) is 102 Å². The van der Waals surface area contributed by atoms with Gasteiger partial charge in [-0.2, -0.15) is 15.3 Å². The Kier molecular flexibility index (Phi) is 27.7. The summed E-state index contributed by atoms with van der Waals surface area (Å²) in [4.78, 5) is 75.6. The highest BCUT2D eigenvalue weighted by molar-refractivity contribution is 9.69.